The molecule has 1 aromatic heterocycles. The van der Waals surface area contributed by atoms with Crippen LogP contribution in [0.15, 0.2) is 77.4 Å². The summed E-state index contributed by atoms with van der Waals surface area (Å²) in [5.41, 5.74) is 3.82. The number of esters is 1. The van der Waals surface area contributed by atoms with Crippen LogP contribution in [0.3, 0.4) is 0 Å². The fourth-order valence-corrected chi connectivity index (χ4v) is 4.91. The van der Waals surface area contributed by atoms with Crippen LogP contribution in [0.5, 0.6) is 5.75 Å². The van der Waals surface area contributed by atoms with Crippen LogP contribution in [0.1, 0.15) is 48.2 Å². The van der Waals surface area contributed by atoms with Gasteiger partial charge in [-0.15, -0.1) is 0 Å². The van der Waals surface area contributed by atoms with E-state index in [0.717, 1.165) is 39.8 Å². The van der Waals surface area contributed by atoms with Crippen molar-refractivity contribution in [3.8, 4) is 16.9 Å². The van der Waals surface area contributed by atoms with Crippen molar-refractivity contribution in [2.75, 3.05) is 19.0 Å². The molecule has 5 rings (SSSR count). The van der Waals surface area contributed by atoms with Gasteiger partial charge in [0.1, 0.15) is 5.75 Å². The van der Waals surface area contributed by atoms with Crippen molar-refractivity contribution >= 4 is 28.3 Å². The third-order valence-corrected chi connectivity index (χ3v) is 6.99. The van der Waals surface area contributed by atoms with E-state index in [2.05, 4.69) is 29.6 Å². The van der Waals surface area contributed by atoms with Gasteiger partial charge in [-0.2, -0.15) is 0 Å². The van der Waals surface area contributed by atoms with E-state index < -0.39 is 0 Å². The lowest BCUT2D eigenvalue weighted by Gasteiger charge is -2.17. The van der Waals surface area contributed by atoms with Crippen LogP contribution in [-0.4, -0.2) is 25.6 Å². The first kappa shape index (κ1) is 24.6. The third-order valence-electron chi connectivity index (χ3n) is 6.99. The van der Waals surface area contributed by atoms with E-state index in [1.165, 1.54) is 39.1 Å². The molecule has 190 valence electrons. The highest BCUT2D eigenvalue weighted by molar-refractivity contribution is 6.03. The number of hydrogen-bond acceptors (Lipinski definition) is 5. The second kappa shape index (κ2) is 11.3. The minimum Gasteiger partial charge on any atom is -0.493 e. The molecule has 1 aliphatic carbocycles. The maximum absolute atomic E-state index is 12.3. The summed E-state index contributed by atoms with van der Waals surface area (Å²) in [6.07, 6.45) is 7.43. The molecule has 1 aliphatic rings. The van der Waals surface area contributed by atoms with Gasteiger partial charge in [-0.25, -0.2) is 0 Å². The van der Waals surface area contributed by atoms with E-state index in [0.29, 0.717) is 24.4 Å². The minimum absolute atomic E-state index is 0.219. The number of benzene rings is 3. The quantitative estimate of drug-likeness (QED) is 0.251. The molecule has 4 aromatic rings. The Kier molecular flexibility index (Phi) is 7.54. The summed E-state index contributed by atoms with van der Waals surface area (Å²) in [5.74, 6) is 1.24. The zero-order valence-electron chi connectivity index (χ0n) is 21.0. The number of carbonyl (C=O) groups is 2. The van der Waals surface area contributed by atoms with Crippen molar-refractivity contribution in [3.63, 3.8) is 0 Å². The number of aryl methyl sites for hydroxylation is 1. The van der Waals surface area contributed by atoms with Crippen LogP contribution >= 0.6 is 0 Å². The normalized spacial score (nSPS) is 13.5. The molecule has 6 nitrogen and oxygen atoms in total. The molecule has 0 aliphatic heterocycles. The number of furan rings is 1. The Hall–Kier alpha value is -4.06. The second-order valence-electron chi connectivity index (χ2n) is 9.58. The minimum atomic E-state index is -0.284. The van der Waals surface area contributed by atoms with Gasteiger partial charge in [0.25, 0.3) is 5.91 Å². The SMILES string of the molecule is COC(=O)CCc1ccc(OCC2CCCC2)c(-c2ccc3cc(NC(=O)c4ccco4)ccc3c2)c1. The molecular formula is C31H31NO5. The maximum atomic E-state index is 12.3. The monoisotopic (exact) mass is 497 g/mol. The molecule has 0 bridgehead atoms. The van der Waals surface area contributed by atoms with Crippen molar-refractivity contribution in [1.29, 1.82) is 0 Å². The van der Waals surface area contributed by atoms with Crippen molar-refractivity contribution in [2.24, 2.45) is 5.92 Å². The van der Waals surface area contributed by atoms with Gasteiger partial charge >= 0.3 is 5.97 Å². The smallest absolute Gasteiger partial charge is 0.305 e. The van der Waals surface area contributed by atoms with Crippen molar-refractivity contribution in [1.82, 2.24) is 0 Å². The summed E-state index contributed by atoms with van der Waals surface area (Å²) >= 11 is 0. The molecule has 6 heteroatoms. The lowest BCUT2D eigenvalue weighted by atomic mass is 9.97. The van der Waals surface area contributed by atoms with Crippen molar-refractivity contribution in [2.45, 2.75) is 38.5 Å². The lowest BCUT2D eigenvalue weighted by Crippen LogP contribution is -2.10. The number of amides is 1. The fraction of sp³-hybridized carbons (Fsp3) is 0.290. The largest absolute Gasteiger partial charge is 0.493 e. The van der Waals surface area contributed by atoms with Gasteiger partial charge in [-0.05, 0) is 89.5 Å². The Balaban J connectivity index is 1.41. The highest BCUT2D eigenvalue weighted by Gasteiger charge is 2.17. The van der Waals surface area contributed by atoms with E-state index in [-0.39, 0.29) is 17.6 Å². The van der Waals surface area contributed by atoms with Crippen LogP contribution in [0.4, 0.5) is 5.69 Å². The molecule has 1 heterocycles. The van der Waals surface area contributed by atoms with Gasteiger partial charge < -0.3 is 19.2 Å². The number of nitrogens with one attached hydrogen (secondary N) is 1. The number of carbonyl (C=O) groups excluding carboxylic acids is 2. The number of fused-ring (bicyclic) bond motifs is 1. The lowest BCUT2D eigenvalue weighted by molar-refractivity contribution is -0.140. The van der Waals surface area contributed by atoms with Crippen molar-refractivity contribution < 1.29 is 23.5 Å². The second-order valence-corrected chi connectivity index (χ2v) is 9.58. The van der Waals surface area contributed by atoms with E-state index in [4.69, 9.17) is 13.9 Å². The molecule has 0 spiro atoms. The Labute approximate surface area is 216 Å². The first-order valence-electron chi connectivity index (χ1n) is 12.8. The fourth-order valence-electron chi connectivity index (χ4n) is 4.91. The molecule has 1 fully saturated rings. The predicted octanol–water partition coefficient (Wildman–Crippen LogP) is 7.03. The van der Waals surface area contributed by atoms with Gasteiger partial charge in [-0.3, -0.25) is 9.59 Å². The number of anilines is 1. The summed E-state index contributed by atoms with van der Waals surface area (Å²) in [7, 11) is 1.41. The topological polar surface area (TPSA) is 77.8 Å². The summed E-state index contributed by atoms with van der Waals surface area (Å²) in [6, 6.07) is 21.6. The summed E-state index contributed by atoms with van der Waals surface area (Å²) in [5, 5.41) is 4.94. The number of methoxy groups -OCH3 is 1. The van der Waals surface area contributed by atoms with Gasteiger partial charge in [0, 0.05) is 17.7 Å². The molecule has 37 heavy (non-hydrogen) atoms. The number of hydrogen-bond donors (Lipinski definition) is 1. The highest BCUT2D eigenvalue weighted by atomic mass is 16.5. The van der Waals surface area contributed by atoms with E-state index in [1.54, 1.807) is 12.1 Å². The molecule has 0 saturated heterocycles. The third kappa shape index (κ3) is 6.02. The summed E-state index contributed by atoms with van der Waals surface area (Å²) in [6.45, 7) is 0.723. The Bertz CT molecular complexity index is 1390. The molecule has 0 radical (unpaired) electrons. The highest BCUT2D eigenvalue weighted by Crippen LogP contribution is 2.35. The summed E-state index contributed by atoms with van der Waals surface area (Å²) < 4.78 is 16.3. The summed E-state index contributed by atoms with van der Waals surface area (Å²) in [4.78, 5) is 24.0. The zero-order valence-corrected chi connectivity index (χ0v) is 21.0. The van der Waals surface area contributed by atoms with Crippen LogP contribution in [0, 0.1) is 5.92 Å². The van der Waals surface area contributed by atoms with E-state index in [1.807, 2.05) is 30.3 Å². The average Bonchev–Trinajstić information content (AvgIpc) is 3.65. The molecule has 1 saturated carbocycles. The van der Waals surface area contributed by atoms with Crippen LogP contribution in [0.2, 0.25) is 0 Å². The first-order valence-corrected chi connectivity index (χ1v) is 12.8. The molecule has 1 amide bonds. The van der Waals surface area contributed by atoms with Gasteiger partial charge in [-0.1, -0.05) is 37.1 Å². The molecule has 0 unspecified atom stereocenters. The van der Waals surface area contributed by atoms with Crippen LogP contribution in [0.25, 0.3) is 21.9 Å². The van der Waals surface area contributed by atoms with E-state index >= 15 is 0 Å². The van der Waals surface area contributed by atoms with Gasteiger partial charge in [0.15, 0.2) is 5.76 Å². The Morgan fingerprint density at radius 1 is 0.973 bits per heavy atom. The molecule has 3 aromatic carbocycles. The maximum Gasteiger partial charge on any atom is 0.305 e. The molecule has 0 atom stereocenters. The van der Waals surface area contributed by atoms with Gasteiger partial charge in [0.05, 0.1) is 20.0 Å². The average molecular weight is 498 g/mol. The Morgan fingerprint density at radius 3 is 2.57 bits per heavy atom. The van der Waals surface area contributed by atoms with Crippen LogP contribution < -0.4 is 10.1 Å². The van der Waals surface area contributed by atoms with Gasteiger partial charge in [0.2, 0.25) is 0 Å². The van der Waals surface area contributed by atoms with Crippen LogP contribution in [-0.2, 0) is 16.0 Å². The number of rotatable bonds is 9. The Morgan fingerprint density at radius 2 is 1.78 bits per heavy atom. The standard InChI is InChI=1S/C31H31NO5/c1-35-30(33)15-9-21-8-14-28(37-20-22-5-2-3-6-22)27(17-21)25-11-10-24-19-26(13-12-23(24)18-25)32-31(34)29-7-4-16-36-29/h4,7-8,10-14,16-19,22H,2-3,5-6,9,15,20H2,1H3,(H,32,34). The molecule has 1 N–H and O–H groups in total. The first-order chi connectivity index (χ1) is 18.1. The predicted molar refractivity (Wildman–Crippen MR) is 144 cm³/mol. The molecular weight excluding hydrogens is 466 g/mol. The zero-order chi connectivity index (χ0) is 25.6. The number of ether oxygens (including phenoxy) is 2. The van der Waals surface area contributed by atoms with Crippen molar-refractivity contribution in [3.05, 3.63) is 84.3 Å². The van der Waals surface area contributed by atoms with E-state index in [9.17, 15) is 9.59 Å².